The van der Waals surface area contributed by atoms with Crippen LogP contribution in [0.25, 0.3) is 0 Å². The lowest BCUT2D eigenvalue weighted by Crippen LogP contribution is -1.90. The van der Waals surface area contributed by atoms with Crippen molar-refractivity contribution >= 4 is 17.4 Å². The topological polar surface area (TPSA) is 67.6 Å². The zero-order valence-corrected chi connectivity index (χ0v) is 9.43. The monoisotopic (exact) mass is 220 g/mol. The third kappa shape index (κ3) is 2.12. The number of anilines is 1. The maximum absolute atomic E-state index is 5.82. The summed E-state index contributed by atoms with van der Waals surface area (Å²) in [7, 11) is 0. The SMILES string of the molecule is Cc1nc(Sc2cccc(N)c2C)n[nH]1. The summed E-state index contributed by atoms with van der Waals surface area (Å²) in [6, 6.07) is 5.84. The standard InChI is InChI=1S/C10H12N4S/c1-6-8(11)4-3-5-9(6)15-10-12-7(2)13-14-10/h3-5H,11H2,1-2H3,(H,12,13,14). The van der Waals surface area contributed by atoms with Crippen molar-refractivity contribution < 1.29 is 0 Å². The fourth-order valence-corrected chi connectivity index (χ4v) is 2.10. The Morgan fingerprint density at radius 1 is 1.33 bits per heavy atom. The minimum atomic E-state index is 0.723. The average molecular weight is 220 g/mol. The zero-order valence-electron chi connectivity index (χ0n) is 8.61. The molecule has 2 aromatic rings. The average Bonchev–Trinajstić information content (AvgIpc) is 2.59. The number of aryl methyl sites for hydroxylation is 1. The van der Waals surface area contributed by atoms with E-state index in [0.29, 0.717) is 0 Å². The summed E-state index contributed by atoms with van der Waals surface area (Å²) in [5, 5.41) is 7.60. The fraction of sp³-hybridized carbons (Fsp3) is 0.200. The number of nitrogens with two attached hydrogens (primary N) is 1. The van der Waals surface area contributed by atoms with E-state index in [0.717, 1.165) is 27.1 Å². The Hall–Kier alpha value is -1.49. The van der Waals surface area contributed by atoms with Gasteiger partial charge in [-0.2, -0.15) is 0 Å². The highest BCUT2D eigenvalue weighted by molar-refractivity contribution is 7.99. The van der Waals surface area contributed by atoms with Crippen molar-refractivity contribution in [2.45, 2.75) is 23.9 Å². The highest BCUT2D eigenvalue weighted by Gasteiger charge is 2.06. The van der Waals surface area contributed by atoms with Gasteiger partial charge >= 0.3 is 0 Å². The van der Waals surface area contributed by atoms with Gasteiger partial charge in [0.05, 0.1) is 0 Å². The predicted octanol–water partition coefficient (Wildman–Crippen LogP) is 2.15. The second-order valence-corrected chi connectivity index (χ2v) is 4.28. The predicted molar refractivity (Wildman–Crippen MR) is 60.8 cm³/mol. The minimum Gasteiger partial charge on any atom is -0.398 e. The molecule has 0 radical (unpaired) electrons. The molecule has 3 N–H and O–H groups in total. The number of nitrogen functional groups attached to an aromatic ring is 1. The second-order valence-electron chi connectivity index (χ2n) is 3.28. The molecule has 78 valence electrons. The first-order chi connectivity index (χ1) is 7.16. The molecule has 4 nitrogen and oxygen atoms in total. The van der Waals surface area contributed by atoms with E-state index >= 15 is 0 Å². The Kier molecular flexibility index (Phi) is 2.64. The minimum absolute atomic E-state index is 0.723. The summed E-state index contributed by atoms with van der Waals surface area (Å²) in [5.74, 6) is 0.819. The van der Waals surface area contributed by atoms with E-state index in [1.54, 1.807) is 0 Å². The molecule has 0 aliphatic rings. The number of nitrogens with one attached hydrogen (secondary N) is 1. The second kappa shape index (κ2) is 3.94. The van der Waals surface area contributed by atoms with Crippen molar-refractivity contribution in [2.24, 2.45) is 0 Å². The van der Waals surface area contributed by atoms with Crippen LogP contribution in [0.5, 0.6) is 0 Å². The lowest BCUT2D eigenvalue weighted by Gasteiger charge is -2.04. The normalized spacial score (nSPS) is 10.5. The Morgan fingerprint density at radius 3 is 2.80 bits per heavy atom. The van der Waals surface area contributed by atoms with Crippen LogP contribution in [0.15, 0.2) is 28.3 Å². The summed E-state index contributed by atoms with van der Waals surface area (Å²) in [6.07, 6.45) is 0. The molecule has 0 spiro atoms. The third-order valence-electron chi connectivity index (χ3n) is 2.10. The smallest absolute Gasteiger partial charge is 0.213 e. The van der Waals surface area contributed by atoms with Crippen LogP contribution in [0.3, 0.4) is 0 Å². The highest BCUT2D eigenvalue weighted by atomic mass is 32.2. The molecule has 1 aromatic heterocycles. The quantitative estimate of drug-likeness (QED) is 0.761. The van der Waals surface area contributed by atoms with Gasteiger partial charge in [-0.3, -0.25) is 5.10 Å². The van der Waals surface area contributed by atoms with Crippen molar-refractivity contribution in [3.05, 3.63) is 29.6 Å². The first-order valence-corrected chi connectivity index (χ1v) is 5.40. The van der Waals surface area contributed by atoms with Gasteiger partial charge in [0.25, 0.3) is 0 Å². The molecular weight excluding hydrogens is 208 g/mol. The van der Waals surface area contributed by atoms with Gasteiger partial charge in [-0.05, 0) is 43.3 Å². The van der Waals surface area contributed by atoms with Crippen LogP contribution in [-0.2, 0) is 0 Å². The molecule has 0 aliphatic carbocycles. The van der Waals surface area contributed by atoms with E-state index in [2.05, 4.69) is 15.2 Å². The van der Waals surface area contributed by atoms with Crippen LogP contribution in [0.4, 0.5) is 5.69 Å². The Bertz CT molecular complexity index is 478. The van der Waals surface area contributed by atoms with Crippen LogP contribution in [0.2, 0.25) is 0 Å². The molecule has 0 aliphatic heterocycles. The summed E-state index contributed by atoms with van der Waals surface area (Å²) >= 11 is 1.52. The molecule has 5 heteroatoms. The Labute approximate surface area is 92.3 Å². The first kappa shape index (κ1) is 10.0. The number of rotatable bonds is 2. The molecule has 0 saturated heterocycles. The van der Waals surface area contributed by atoms with Gasteiger partial charge in [-0.15, -0.1) is 5.10 Å². The van der Waals surface area contributed by atoms with E-state index in [9.17, 15) is 0 Å². The van der Waals surface area contributed by atoms with Crippen LogP contribution in [0.1, 0.15) is 11.4 Å². The summed E-state index contributed by atoms with van der Waals surface area (Å²) in [5.41, 5.74) is 7.69. The molecule has 0 bridgehead atoms. The molecule has 1 heterocycles. The Balaban J connectivity index is 2.28. The number of benzene rings is 1. The number of hydrogen-bond acceptors (Lipinski definition) is 4. The molecule has 2 rings (SSSR count). The Morgan fingerprint density at radius 2 is 2.13 bits per heavy atom. The molecule has 0 unspecified atom stereocenters. The van der Waals surface area contributed by atoms with Gasteiger partial charge in [-0.1, -0.05) is 6.07 Å². The van der Waals surface area contributed by atoms with E-state index in [4.69, 9.17) is 5.73 Å². The molecule has 0 saturated carbocycles. The lowest BCUT2D eigenvalue weighted by atomic mass is 10.2. The van der Waals surface area contributed by atoms with E-state index < -0.39 is 0 Å². The first-order valence-electron chi connectivity index (χ1n) is 4.59. The molecular formula is C10H12N4S. The van der Waals surface area contributed by atoms with Crippen molar-refractivity contribution in [3.8, 4) is 0 Å². The molecule has 0 atom stereocenters. The fourth-order valence-electron chi connectivity index (χ4n) is 1.21. The largest absolute Gasteiger partial charge is 0.398 e. The van der Waals surface area contributed by atoms with E-state index in [1.165, 1.54) is 11.8 Å². The summed E-state index contributed by atoms with van der Waals surface area (Å²) in [4.78, 5) is 5.32. The van der Waals surface area contributed by atoms with Crippen LogP contribution >= 0.6 is 11.8 Å². The van der Waals surface area contributed by atoms with Gasteiger partial charge < -0.3 is 5.73 Å². The van der Waals surface area contributed by atoms with Crippen LogP contribution < -0.4 is 5.73 Å². The molecule has 15 heavy (non-hydrogen) atoms. The third-order valence-corrected chi connectivity index (χ3v) is 3.13. The van der Waals surface area contributed by atoms with Crippen molar-refractivity contribution in [3.63, 3.8) is 0 Å². The van der Waals surface area contributed by atoms with E-state index in [1.807, 2.05) is 32.0 Å². The van der Waals surface area contributed by atoms with Crippen molar-refractivity contribution in [1.29, 1.82) is 0 Å². The molecule has 0 fully saturated rings. The summed E-state index contributed by atoms with van der Waals surface area (Å²) in [6.45, 7) is 3.88. The van der Waals surface area contributed by atoms with Gasteiger partial charge in [0, 0.05) is 10.6 Å². The van der Waals surface area contributed by atoms with Crippen molar-refractivity contribution in [1.82, 2.24) is 15.2 Å². The number of aromatic amines is 1. The van der Waals surface area contributed by atoms with Gasteiger partial charge in [0.2, 0.25) is 5.16 Å². The maximum Gasteiger partial charge on any atom is 0.213 e. The molecule has 1 aromatic carbocycles. The number of nitrogens with zero attached hydrogens (tertiary/aromatic N) is 2. The van der Waals surface area contributed by atoms with Gasteiger partial charge in [-0.25, -0.2) is 4.98 Å². The highest BCUT2D eigenvalue weighted by Crippen LogP contribution is 2.30. The van der Waals surface area contributed by atoms with Gasteiger partial charge in [0.15, 0.2) is 0 Å². The van der Waals surface area contributed by atoms with Gasteiger partial charge in [0.1, 0.15) is 5.82 Å². The van der Waals surface area contributed by atoms with Crippen molar-refractivity contribution in [2.75, 3.05) is 5.73 Å². The van der Waals surface area contributed by atoms with Crippen LogP contribution in [-0.4, -0.2) is 15.2 Å². The van der Waals surface area contributed by atoms with E-state index in [-0.39, 0.29) is 0 Å². The van der Waals surface area contributed by atoms with Crippen LogP contribution in [0, 0.1) is 13.8 Å². The number of aromatic nitrogens is 3. The maximum atomic E-state index is 5.82. The molecule has 0 amide bonds. The lowest BCUT2D eigenvalue weighted by molar-refractivity contribution is 0.969. The number of H-pyrrole nitrogens is 1. The number of hydrogen-bond donors (Lipinski definition) is 2. The zero-order chi connectivity index (χ0) is 10.8. The summed E-state index contributed by atoms with van der Waals surface area (Å²) < 4.78 is 0.